The maximum absolute atomic E-state index is 13.8. The van der Waals surface area contributed by atoms with Gasteiger partial charge in [0.1, 0.15) is 18.4 Å². The van der Waals surface area contributed by atoms with Crippen LogP contribution < -0.4 is 10.1 Å². The van der Waals surface area contributed by atoms with Crippen molar-refractivity contribution < 1.29 is 31.9 Å². The Morgan fingerprint density at radius 2 is 1.92 bits per heavy atom. The van der Waals surface area contributed by atoms with Gasteiger partial charge in [-0.15, -0.1) is 0 Å². The van der Waals surface area contributed by atoms with Crippen molar-refractivity contribution in [3.05, 3.63) is 88.9 Å². The fourth-order valence-electron chi connectivity index (χ4n) is 4.40. The standard InChI is InChI=1S/C27H22F4N4O3/c1-15(2)38-22-10-7-16(13-33-22)24-23(25(36)34-18-8-9-21(28)17(11-18)12-32)19-5-3-4-6-20(19)26(37)35(24)14-27(29,30)31/h3-11,13,15,23-24H,14H2,1-2H3,(H,34,36). The fraction of sp³-hybridized carbons (Fsp3) is 0.259. The number of aromatic nitrogens is 1. The van der Waals surface area contributed by atoms with Gasteiger partial charge in [0, 0.05) is 23.5 Å². The van der Waals surface area contributed by atoms with E-state index in [2.05, 4.69) is 10.3 Å². The summed E-state index contributed by atoms with van der Waals surface area (Å²) in [4.78, 5) is 31.8. The molecule has 2 aromatic carbocycles. The molecule has 0 saturated heterocycles. The molecule has 1 aliphatic heterocycles. The molecule has 4 rings (SSSR count). The van der Waals surface area contributed by atoms with Crippen LogP contribution in [0.25, 0.3) is 0 Å². The average molecular weight is 526 g/mol. The highest BCUT2D eigenvalue weighted by atomic mass is 19.4. The summed E-state index contributed by atoms with van der Waals surface area (Å²) in [5.74, 6) is -3.49. The number of pyridine rings is 1. The van der Waals surface area contributed by atoms with Crippen molar-refractivity contribution in [2.24, 2.45) is 0 Å². The zero-order valence-electron chi connectivity index (χ0n) is 20.3. The summed E-state index contributed by atoms with van der Waals surface area (Å²) >= 11 is 0. The van der Waals surface area contributed by atoms with Crippen LogP contribution in [-0.4, -0.2) is 40.5 Å². The zero-order chi connectivity index (χ0) is 27.6. The number of alkyl halides is 3. The van der Waals surface area contributed by atoms with Crippen molar-refractivity contribution in [1.82, 2.24) is 9.88 Å². The molecule has 0 saturated carbocycles. The summed E-state index contributed by atoms with van der Waals surface area (Å²) in [5, 5.41) is 11.7. The third-order valence-electron chi connectivity index (χ3n) is 5.88. The second kappa shape index (κ2) is 10.5. The van der Waals surface area contributed by atoms with Crippen LogP contribution in [0.4, 0.5) is 23.2 Å². The second-order valence-electron chi connectivity index (χ2n) is 8.95. The molecular weight excluding hydrogens is 504 g/mol. The molecule has 1 aliphatic rings. The number of rotatable bonds is 6. The molecular formula is C27H22F4N4O3. The quantitative estimate of drug-likeness (QED) is 0.437. The van der Waals surface area contributed by atoms with Crippen LogP contribution >= 0.6 is 0 Å². The Bertz CT molecular complexity index is 1400. The van der Waals surface area contributed by atoms with Gasteiger partial charge in [-0.05, 0) is 49.2 Å². The number of anilines is 1. The summed E-state index contributed by atoms with van der Waals surface area (Å²) in [7, 11) is 0. The number of halogens is 4. The van der Waals surface area contributed by atoms with E-state index in [9.17, 15) is 27.2 Å². The monoisotopic (exact) mass is 526 g/mol. The number of hydrogen-bond acceptors (Lipinski definition) is 5. The molecule has 2 amide bonds. The topological polar surface area (TPSA) is 95.3 Å². The number of nitriles is 1. The van der Waals surface area contributed by atoms with Crippen LogP contribution in [0.3, 0.4) is 0 Å². The number of ether oxygens (including phenoxy) is 1. The van der Waals surface area contributed by atoms with E-state index in [1.54, 1.807) is 26.0 Å². The Kier molecular flexibility index (Phi) is 7.35. The van der Waals surface area contributed by atoms with E-state index in [0.717, 1.165) is 12.1 Å². The first-order valence-electron chi connectivity index (χ1n) is 11.6. The van der Waals surface area contributed by atoms with Gasteiger partial charge in [0.05, 0.1) is 23.6 Å². The first-order chi connectivity index (χ1) is 18.0. The van der Waals surface area contributed by atoms with Gasteiger partial charge in [0.25, 0.3) is 5.91 Å². The highest BCUT2D eigenvalue weighted by Crippen LogP contribution is 2.44. The van der Waals surface area contributed by atoms with Gasteiger partial charge >= 0.3 is 6.18 Å². The van der Waals surface area contributed by atoms with Gasteiger partial charge in [-0.25, -0.2) is 9.37 Å². The van der Waals surface area contributed by atoms with Crippen LogP contribution in [0.5, 0.6) is 5.88 Å². The molecule has 2 heterocycles. The lowest BCUT2D eigenvalue weighted by Gasteiger charge is -2.41. The number of nitrogens with zero attached hydrogens (tertiary/aromatic N) is 3. The van der Waals surface area contributed by atoms with Gasteiger partial charge in [-0.3, -0.25) is 9.59 Å². The molecule has 0 aliphatic carbocycles. The van der Waals surface area contributed by atoms with Gasteiger partial charge in [-0.1, -0.05) is 24.3 Å². The van der Waals surface area contributed by atoms with E-state index in [1.165, 1.54) is 42.6 Å². The van der Waals surface area contributed by atoms with E-state index < -0.39 is 42.3 Å². The van der Waals surface area contributed by atoms with Gasteiger partial charge < -0.3 is 15.0 Å². The van der Waals surface area contributed by atoms with Crippen LogP contribution in [-0.2, 0) is 4.79 Å². The molecule has 7 nitrogen and oxygen atoms in total. The van der Waals surface area contributed by atoms with Crippen molar-refractivity contribution in [1.29, 1.82) is 5.26 Å². The third-order valence-corrected chi connectivity index (χ3v) is 5.88. The Morgan fingerprint density at radius 1 is 1.18 bits per heavy atom. The first kappa shape index (κ1) is 26.6. The molecule has 1 aromatic heterocycles. The van der Waals surface area contributed by atoms with E-state index in [-0.39, 0.29) is 39.9 Å². The minimum absolute atomic E-state index is 0.0438. The highest BCUT2D eigenvalue weighted by Gasteiger charge is 2.48. The van der Waals surface area contributed by atoms with Crippen LogP contribution in [0.2, 0.25) is 0 Å². The lowest BCUT2D eigenvalue weighted by Crippen LogP contribution is -2.49. The molecule has 0 radical (unpaired) electrons. The second-order valence-corrected chi connectivity index (χ2v) is 8.95. The van der Waals surface area contributed by atoms with Gasteiger partial charge in [0.2, 0.25) is 11.8 Å². The Morgan fingerprint density at radius 3 is 2.55 bits per heavy atom. The SMILES string of the molecule is CC(C)Oc1ccc(C2C(C(=O)Nc3ccc(F)c(C#N)c3)c3ccccc3C(=O)N2CC(F)(F)F)cn1. The molecule has 1 N–H and O–H groups in total. The Balaban J connectivity index is 1.83. The van der Waals surface area contributed by atoms with E-state index in [1.807, 2.05) is 0 Å². The molecule has 38 heavy (non-hydrogen) atoms. The molecule has 196 valence electrons. The normalized spacial score (nSPS) is 17.1. The summed E-state index contributed by atoms with van der Waals surface area (Å²) in [6.07, 6.45) is -3.68. The van der Waals surface area contributed by atoms with Crippen molar-refractivity contribution in [2.45, 2.75) is 38.1 Å². The maximum Gasteiger partial charge on any atom is 0.406 e. The maximum atomic E-state index is 13.8. The van der Waals surface area contributed by atoms with Crippen molar-refractivity contribution in [2.75, 3.05) is 11.9 Å². The molecule has 2 unspecified atom stereocenters. The van der Waals surface area contributed by atoms with Gasteiger partial charge in [0.15, 0.2) is 0 Å². The van der Waals surface area contributed by atoms with Crippen molar-refractivity contribution in [3.63, 3.8) is 0 Å². The first-order valence-corrected chi connectivity index (χ1v) is 11.6. The van der Waals surface area contributed by atoms with Crippen molar-refractivity contribution >= 4 is 17.5 Å². The van der Waals surface area contributed by atoms with Crippen LogP contribution in [0.15, 0.2) is 60.8 Å². The predicted molar refractivity (Wildman–Crippen MR) is 129 cm³/mol. The largest absolute Gasteiger partial charge is 0.475 e. The Hall–Kier alpha value is -4.46. The minimum Gasteiger partial charge on any atom is -0.475 e. The summed E-state index contributed by atoms with van der Waals surface area (Å²) in [6, 6.07) is 12.5. The van der Waals surface area contributed by atoms with Crippen LogP contribution in [0.1, 0.15) is 52.9 Å². The van der Waals surface area contributed by atoms with E-state index in [0.29, 0.717) is 4.90 Å². The van der Waals surface area contributed by atoms with Crippen molar-refractivity contribution in [3.8, 4) is 11.9 Å². The van der Waals surface area contributed by atoms with Gasteiger partial charge in [-0.2, -0.15) is 18.4 Å². The summed E-state index contributed by atoms with van der Waals surface area (Å²) < 4.78 is 60.4. The molecule has 0 fully saturated rings. The number of carbonyl (C=O) groups excluding carboxylic acids is 2. The number of hydrogen-bond donors (Lipinski definition) is 1. The van der Waals surface area contributed by atoms with Crippen LogP contribution in [0, 0.1) is 17.1 Å². The number of benzene rings is 2. The lowest BCUT2D eigenvalue weighted by atomic mass is 9.79. The molecule has 0 spiro atoms. The highest BCUT2D eigenvalue weighted by molar-refractivity contribution is 6.04. The molecule has 11 heteroatoms. The number of fused-ring (bicyclic) bond motifs is 1. The smallest absolute Gasteiger partial charge is 0.406 e. The third kappa shape index (κ3) is 5.59. The van der Waals surface area contributed by atoms with E-state index in [4.69, 9.17) is 10.00 Å². The molecule has 2 atom stereocenters. The number of carbonyl (C=O) groups is 2. The molecule has 0 bridgehead atoms. The fourth-order valence-corrected chi connectivity index (χ4v) is 4.40. The molecule has 3 aromatic rings. The number of amides is 2. The minimum atomic E-state index is -4.76. The predicted octanol–water partition coefficient (Wildman–Crippen LogP) is 5.36. The Labute approximate surface area is 215 Å². The lowest BCUT2D eigenvalue weighted by molar-refractivity contribution is -0.148. The summed E-state index contributed by atoms with van der Waals surface area (Å²) in [6.45, 7) is 1.96. The average Bonchev–Trinajstić information content (AvgIpc) is 2.86. The number of nitrogens with one attached hydrogen (secondary N) is 1. The zero-order valence-corrected chi connectivity index (χ0v) is 20.3. The van der Waals surface area contributed by atoms with E-state index >= 15 is 0 Å². The summed E-state index contributed by atoms with van der Waals surface area (Å²) in [5.41, 5.74) is 0.121.